The van der Waals surface area contributed by atoms with Gasteiger partial charge in [0.05, 0.1) is 16.2 Å². The molecule has 4 rings (SSSR count). The van der Waals surface area contributed by atoms with Crippen molar-refractivity contribution >= 4 is 37.6 Å². The maximum Gasteiger partial charge on any atom is 0.338 e. The van der Waals surface area contributed by atoms with Crippen molar-refractivity contribution in [3.8, 4) is 0 Å². The van der Waals surface area contributed by atoms with Crippen molar-refractivity contribution in [3.63, 3.8) is 0 Å². The molecule has 30 heavy (non-hydrogen) atoms. The zero-order chi connectivity index (χ0) is 21.3. The number of aromatic nitrogens is 2. The van der Waals surface area contributed by atoms with Gasteiger partial charge in [0.2, 0.25) is 10.0 Å². The minimum atomic E-state index is -3.53. The molecule has 0 unspecified atom stereocenters. The molecule has 3 aromatic rings. The predicted octanol–water partition coefficient (Wildman–Crippen LogP) is 2.60. The van der Waals surface area contributed by atoms with Crippen LogP contribution < -0.4 is 5.56 Å². The summed E-state index contributed by atoms with van der Waals surface area (Å²) in [5.74, 6) is -0.627. The molecule has 1 fully saturated rings. The monoisotopic (exact) mass is 491 g/mol. The molecule has 156 valence electrons. The first-order valence-electron chi connectivity index (χ1n) is 9.30. The summed E-state index contributed by atoms with van der Waals surface area (Å²) >= 11 is 3.30. The molecule has 1 aromatic carbocycles. The molecular weight excluding hydrogens is 474 g/mol. The average molecular weight is 492 g/mol. The molecular formula is C20H18BrN3O5S. The molecule has 0 saturated carbocycles. The van der Waals surface area contributed by atoms with Crippen molar-refractivity contribution in [2.24, 2.45) is 0 Å². The second-order valence-electron chi connectivity index (χ2n) is 6.87. The molecule has 1 saturated heterocycles. The second kappa shape index (κ2) is 8.29. The Morgan fingerprint density at radius 2 is 1.80 bits per heavy atom. The number of carbonyl (C=O) groups is 1. The number of rotatable bonds is 5. The van der Waals surface area contributed by atoms with Crippen molar-refractivity contribution in [1.29, 1.82) is 0 Å². The van der Waals surface area contributed by atoms with Crippen LogP contribution in [-0.4, -0.2) is 41.2 Å². The largest absolute Gasteiger partial charge is 0.456 e. The van der Waals surface area contributed by atoms with E-state index in [9.17, 15) is 18.0 Å². The van der Waals surface area contributed by atoms with Gasteiger partial charge in [0.15, 0.2) is 0 Å². The number of fused-ring (bicyclic) bond motifs is 1. The number of esters is 1. The smallest absolute Gasteiger partial charge is 0.338 e. The molecule has 0 radical (unpaired) electrons. The zero-order valence-electron chi connectivity index (χ0n) is 15.8. The lowest BCUT2D eigenvalue weighted by atomic mass is 10.2. The third-order valence-electron chi connectivity index (χ3n) is 4.82. The zero-order valence-corrected chi connectivity index (χ0v) is 18.2. The van der Waals surface area contributed by atoms with Crippen molar-refractivity contribution in [1.82, 2.24) is 13.7 Å². The van der Waals surface area contributed by atoms with Crippen molar-refractivity contribution < 1.29 is 17.9 Å². The van der Waals surface area contributed by atoms with Crippen LogP contribution in [0, 0.1) is 0 Å². The van der Waals surface area contributed by atoms with Gasteiger partial charge in [0.1, 0.15) is 12.3 Å². The normalized spacial score (nSPS) is 14.8. The van der Waals surface area contributed by atoms with E-state index < -0.39 is 16.0 Å². The Morgan fingerprint density at radius 3 is 2.50 bits per heavy atom. The highest BCUT2D eigenvalue weighted by atomic mass is 79.9. The summed E-state index contributed by atoms with van der Waals surface area (Å²) < 4.78 is 33.9. The van der Waals surface area contributed by atoms with Crippen LogP contribution in [0.2, 0.25) is 0 Å². The predicted molar refractivity (Wildman–Crippen MR) is 113 cm³/mol. The van der Waals surface area contributed by atoms with Crippen LogP contribution >= 0.6 is 15.9 Å². The molecule has 1 aliphatic rings. The topological polar surface area (TPSA) is 98.0 Å². The van der Waals surface area contributed by atoms with E-state index in [1.807, 2.05) is 0 Å². The van der Waals surface area contributed by atoms with Gasteiger partial charge in [-0.2, -0.15) is 4.31 Å². The number of halogens is 1. The molecule has 0 atom stereocenters. The summed E-state index contributed by atoms with van der Waals surface area (Å²) in [6.45, 7) is 0.859. The van der Waals surface area contributed by atoms with Gasteiger partial charge in [-0.15, -0.1) is 0 Å². The summed E-state index contributed by atoms with van der Waals surface area (Å²) in [7, 11) is -3.53. The Morgan fingerprint density at radius 1 is 1.10 bits per heavy atom. The minimum absolute atomic E-state index is 0.149. The fourth-order valence-electron chi connectivity index (χ4n) is 3.26. The first-order valence-corrected chi connectivity index (χ1v) is 11.5. The van der Waals surface area contributed by atoms with Gasteiger partial charge in [-0.05, 0) is 65.2 Å². The van der Waals surface area contributed by atoms with Gasteiger partial charge >= 0.3 is 5.97 Å². The van der Waals surface area contributed by atoms with Crippen LogP contribution in [0.4, 0.5) is 0 Å². The van der Waals surface area contributed by atoms with Gasteiger partial charge in [0.25, 0.3) is 5.56 Å². The highest BCUT2D eigenvalue weighted by molar-refractivity contribution is 9.10. The Balaban J connectivity index is 1.46. The van der Waals surface area contributed by atoms with E-state index in [0.717, 1.165) is 17.3 Å². The maximum atomic E-state index is 12.6. The lowest BCUT2D eigenvalue weighted by molar-refractivity contribution is 0.0467. The number of hydrogen-bond donors (Lipinski definition) is 0. The molecule has 0 amide bonds. The van der Waals surface area contributed by atoms with Crippen LogP contribution in [0.5, 0.6) is 0 Å². The third kappa shape index (κ3) is 4.16. The first-order chi connectivity index (χ1) is 14.3. The standard InChI is InChI=1S/C20H18BrN3O5S/c21-15-5-8-18-22-16(11-19(25)24(18)12-15)13-29-20(26)14-3-6-17(7-4-14)30(27,28)23-9-1-2-10-23/h3-8,11-12H,1-2,9-10,13H2. The molecule has 0 N–H and O–H groups in total. The van der Waals surface area contributed by atoms with Gasteiger partial charge in [0, 0.05) is 29.8 Å². The number of pyridine rings is 1. The SMILES string of the molecule is O=C(OCc1cc(=O)n2cc(Br)ccc2n1)c1ccc(S(=O)(=O)N2CCCC2)cc1. The van der Waals surface area contributed by atoms with E-state index in [2.05, 4.69) is 20.9 Å². The summed E-state index contributed by atoms with van der Waals surface area (Å²) in [6, 6.07) is 10.4. The number of sulfonamides is 1. The van der Waals surface area contributed by atoms with E-state index in [0.29, 0.717) is 24.4 Å². The van der Waals surface area contributed by atoms with E-state index in [1.54, 1.807) is 18.3 Å². The molecule has 0 spiro atoms. The van der Waals surface area contributed by atoms with Crippen LogP contribution in [0.15, 0.2) is 62.8 Å². The maximum absolute atomic E-state index is 12.6. The number of hydrogen-bond acceptors (Lipinski definition) is 6. The van der Waals surface area contributed by atoms with Gasteiger partial charge in [-0.25, -0.2) is 18.2 Å². The Labute approximate surface area is 181 Å². The summed E-state index contributed by atoms with van der Waals surface area (Å²) in [5, 5.41) is 0. The fourth-order valence-corrected chi connectivity index (χ4v) is 5.12. The quantitative estimate of drug-likeness (QED) is 0.508. The molecule has 0 bridgehead atoms. The van der Waals surface area contributed by atoms with Crippen LogP contribution in [-0.2, 0) is 21.4 Å². The van der Waals surface area contributed by atoms with Crippen LogP contribution in [0.25, 0.3) is 5.65 Å². The van der Waals surface area contributed by atoms with Crippen molar-refractivity contribution in [2.75, 3.05) is 13.1 Å². The second-order valence-corrected chi connectivity index (χ2v) is 9.73. The third-order valence-corrected chi connectivity index (χ3v) is 7.20. The van der Waals surface area contributed by atoms with Crippen LogP contribution in [0.1, 0.15) is 28.9 Å². The molecule has 0 aliphatic carbocycles. The number of nitrogens with zero attached hydrogens (tertiary/aromatic N) is 3. The van der Waals surface area contributed by atoms with Gasteiger partial charge < -0.3 is 4.74 Å². The number of carbonyl (C=O) groups excluding carboxylic acids is 1. The Bertz CT molecular complexity index is 1270. The molecule has 1 aliphatic heterocycles. The van der Waals surface area contributed by atoms with Crippen LogP contribution in [0.3, 0.4) is 0 Å². The van der Waals surface area contributed by atoms with Gasteiger partial charge in [-0.1, -0.05) is 0 Å². The van der Waals surface area contributed by atoms with E-state index in [1.165, 1.54) is 39.0 Å². The average Bonchev–Trinajstić information content (AvgIpc) is 3.28. The number of ether oxygens (including phenoxy) is 1. The van der Waals surface area contributed by atoms with Crippen molar-refractivity contribution in [3.05, 3.63) is 74.7 Å². The first kappa shape index (κ1) is 20.7. The fraction of sp³-hybridized carbons (Fsp3) is 0.250. The molecule has 10 heteroatoms. The highest BCUT2D eigenvalue weighted by Gasteiger charge is 2.27. The van der Waals surface area contributed by atoms with Crippen molar-refractivity contribution in [2.45, 2.75) is 24.3 Å². The molecule has 2 aromatic heterocycles. The lowest BCUT2D eigenvalue weighted by Gasteiger charge is -2.15. The van der Waals surface area contributed by atoms with E-state index in [4.69, 9.17) is 4.74 Å². The van der Waals surface area contributed by atoms with Gasteiger partial charge in [-0.3, -0.25) is 9.20 Å². The summed E-state index contributed by atoms with van der Waals surface area (Å²) in [5.41, 5.74) is 0.692. The summed E-state index contributed by atoms with van der Waals surface area (Å²) in [4.78, 5) is 29.0. The Hall–Kier alpha value is -2.56. The minimum Gasteiger partial charge on any atom is -0.456 e. The lowest BCUT2D eigenvalue weighted by Crippen LogP contribution is -2.27. The van der Waals surface area contributed by atoms with E-state index >= 15 is 0 Å². The Kier molecular flexibility index (Phi) is 5.72. The number of benzene rings is 1. The molecule has 3 heterocycles. The molecule has 8 nitrogen and oxygen atoms in total. The highest BCUT2D eigenvalue weighted by Crippen LogP contribution is 2.21. The summed E-state index contributed by atoms with van der Waals surface area (Å²) in [6.07, 6.45) is 3.32. The van der Waals surface area contributed by atoms with E-state index in [-0.39, 0.29) is 22.6 Å².